The average molecular weight is 534 g/mol. The Morgan fingerprint density at radius 3 is 2.33 bits per heavy atom. The van der Waals surface area contributed by atoms with Gasteiger partial charge >= 0.3 is 6.03 Å². The molecule has 0 heterocycles. The highest BCUT2D eigenvalue weighted by atomic mass is 16.5. The van der Waals surface area contributed by atoms with Gasteiger partial charge < -0.3 is 26.0 Å². The first kappa shape index (κ1) is 29.8. The highest BCUT2D eigenvalue weighted by Gasteiger charge is 2.15. The number of Topliss-reactive ketones (excluding diaryl/α,β-unsaturated/α-hetero) is 1. The number of amides is 2. The van der Waals surface area contributed by atoms with Crippen molar-refractivity contribution >= 4 is 17.5 Å². The maximum atomic E-state index is 13.0. The van der Waals surface area contributed by atoms with Gasteiger partial charge in [-0.2, -0.15) is 0 Å². The number of anilines is 1. The number of hydrogen-bond donors (Lipinski definition) is 4. The lowest BCUT2D eigenvalue weighted by Crippen LogP contribution is -2.30. The number of ether oxygens (including phenoxy) is 1. The van der Waals surface area contributed by atoms with Crippen molar-refractivity contribution in [3.63, 3.8) is 0 Å². The van der Waals surface area contributed by atoms with Gasteiger partial charge in [0.25, 0.3) is 0 Å². The zero-order valence-electron chi connectivity index (χ0n) is 22.4. The van der Waals surface area contributed by atoms with Crippen LogP contribution in [-0.4, -0.2) is 53.2 Å². The van der Waals surface area contributed by atoms with Gasteiger partial charge in [-0.3, -0.25) is 9.69 Å². The summed E-state index contributed by atoms with van der Waals surface area (Å²) in [5.74, 6) is -0.0414. The van der Waals surface area contributed by atoms with Gasteiger partial charge in [0, 0.05) is 30.0 Å². The number of aliphatic hydroxyl groups is 1. The van der Waals surface area contributed by atoms with Crippen LogP contribution in [0, 0.1) is 0 Å². The average Bonchev–Trinajstić information content (AvgIpc) is 2.93. The van der Waals surface area contributed by atoms with Crippen LogP contribution < -0.4 is 11.1 Å². The molecule has 8 nitrogen and oxygen atoms in total. The molecule has 0 aliphatic heterocycles. The fraction of sp³-hybridized carbons (Fsp3) is 0.355. The van der Waals surface area contributed by atoms with E-state index in [1.165, 1.54) is 6.07 Å². The molecular formula is C31H39N3O5. The maximum absolute atomic E-state index is 13.0. The predicted molar refractivity (Wildman–Crippen MR) is 153 cm³/mol. The summed E-state index contributed by atoms with van der Waals surface area (Å²) in [5, 5.41) is 21.8. The van der Waals surface area contributed by atoms with Crippen LogP contribution >= 0.6 is 0 Å². The molecule has 3 aromatic rings. The Balaban J connectivity index is 1.37. The molecule has 5 N–H and O–H groups in total. The molecule has 3 aromatic carbocycles. The lowest BCUT2D eigenvalue weighted by molar-refractivity contribution is 0.0923. The van der Waals surface area contributed by atoms with Crippen LogP contribution in [0.1, 0.15) is 52.7 Å². The van der Waals surface area contributed by atoms with E-state index >= 15 is 0 Å². The third-order valence-corrected chi connectivity index (χ3v) is 6.46. The van der Waals surface area contributed by atoms with Crippen molar-refractivity contribution < 1.29 is 24.5 Å². The molecule has 2 amide bonds. The summed E-state index contributed by atoms with van der Waals surface area (Å²) >= 11 is 0. The van der Waals surface area contributed by atoms with Gasteiger partial charge in [0.15, 0.2) is 5.78 Å². The van der Waals surface area contributed by atoms with Crippen molar-refractivity contribution in [2.45, 2.75) is 45.3 Å². The number of aliphatic hydroxyl groups excluding tert-OH is 1. The molecule has 0 aliphatic rings. The molecule has 208 valence electrons. The first-order valence-electron chi connectivity index (χ1n) is 13.4. The third kappa shape index (κ3) is 10.9. The number of urea groups is 1. The topological polar surface area (TPSA) is 125 Å². The number of rotatable bonds is 17. The normalized spacial score (nSPS) is 11.0. The van der Waals surface area contributed by atoms with Crippen molar-refractivity contribution in [3.05, 3.63) is 95.1 Å². The second-order valence-corrected chi connectivity index (χ2v) is 9.58. The van der Waals surface area contributed by atoms with Crippen LogP contribution in [0.5, 0.6) is 5.75 Å². The van der Waals surface area contributed by atoms with E-state index in [4.69, 9.17) is 10.5 Å². The Morgan fingerprint density at radius 1 is 0.872 bits per heavy atom. The number of carbonyl (C=O) groups excluding carboxylic acids is 2. The zero-order chi connectivity index (χ0) is 27.9. The number of aromatic hydroxyl groups is 1. The summed E-state index contributed by atoms with van der Waals surface area (Å²) < 4.78 is 5.79. The van der Waals surface area contributed by atoms with Crippen LogP contribution in [0.4, 0.5) is 10.5 Å². The minimum Gasteiger partial charge on any atom is -0.508 e. The molecule has 0 saturated carbocycles. The standard InChI is InChI=1S/C31H39N3O5/c32-31(38)33-28-13-10-24(11-14-28)16-19-39-18-7-2-1-6-17-34(21-25-8-4-3-5-9-25)22-30(37)26-12-15-29(36)27(20-26)23-35/h3-5,8-15,20,35-36H,1-2,6-7,16-19,21-23H2,(H3,32,33,38). The number of phenols is 1. The van der Waals surface area contributed by atoms with Gasteiger partial charge in [-0.15, -0.1) is 0 Å². The first-order chi connectivity index (χ1) is 18.9. The van der Waals surface area contributed by atoms with E-state index in [9.17, 15) is 19.8 Å². The van der Waals surface area contributed by atoms with Crippen LogP contribution in [0.3, 0.4) is 0 Å². The molecule has 39 heavy (non-hydrogen) atoms. The van der Waals surface area contributed by atoms with E-state index in [0.717, 1.165) is 49.8 Å². The van der Waals surface area contributed by atoms with Crippen LogP contribution in [0.25, 0.3) is 0 Å². The van der Waals surface area contributed by atoms with Crippen molar-refractivity contribution in [2.75, 3.05) is 31.6 Å². The Bertz CT molecular complexity index is 1170. The van der Waals surface area contributed by atoms with Gasteiger partial charge in [0.1, 0.15) is 5.75 Å². The molecule has 3 rings (SSSR count). The second kappa shape index (κ2) is 16.3. The highest BCUT2D eigenvalue weighted by Crippen LogP contribution is 2.19. The first-order valence-corrected chi connectivity index (χ1v) is 13.4. The van der Waals surface area contributed by atoms with E-state index in [1.807, 2.05) is 42.5 Å². The molecule has 0 fully saturated rings. The van der Waals surface area contributed by atoms with Gasteiger partial charge in [-0.05, 0) is 67.3 Å². The quantitative estimate of drug-likeness (QED) is 0.145. The van der Waals surface area contributed by atoms with Crippen molar-refractivity contribution in [2.24, 2.45) is 5.73 Å². The van der Waals surface area contributed by atoms with Crippen LogP contribution in [0.2, 0.25) is 0 Å². The summed E-state index contributed by atoms with van der Waals surface area (Å²) in [4.78, 5) is 26.0. The number of hydrogen-bond acceptors (Lipinski definition) is 6. The predicted octanol–water partition coefficient (Wildman–Crippen LogP) is 4.88. The number of benzene rings is 3. The van der Waals surface area contributed by atoms with Crippen LogP contribution in [0.15, 0.2) is 72.8 Å². The zero-order valence-corrected chi connectivity index (χ0v) is 22.4. The summed E-state index contributed by atoms with van der Waals surface area (Å²) in [7, 11) is 0. The number of carbonyl (C=O) groups is 2. The second-order valence-electron chi connectivity index (χ2n) is 9.58. The largest absolute Gasteiger partial charge is 0.508 e. The van der Waals surface area contributed by atoms with Crippen molar-refractivity contribution in [3.8, 4) is 5.75 Å². The number of primary amides is 1. The highest BCUT2D eigenvalue weighted by molar-refractivity contribution is 5.98. The molecule has 0 radical (unpaired) electrons. The summed E-state index contributed by atoms with van der Waals surface area (Å²) in [6, 6.07) is 21.7. The van der Waals surface area contributed by atoms with E-state index < -0.39 is 6.03 Å². The Morgan fingerprint density at radius 2 is 1.62 bits per heavy atom. The Kier molecular flexibility index (Phi) is 12.5. The molecular weight excluding hydrogens is 494 g/mol. The number of nitrogens with one attached hydrogen (secondary N) is 1. The Hall–Kier alpha value is -3.72. The Labute approximate surface area is 230 Å². The lowest BCUT2D eigenvalue weighted by atomic mass is 10.1. The fourth-order valence-corrected chi connectivity index (χ4v) is 4.32. The molecule has 0 aromatic heterocycles. The summed E-state index contributed by atoms with van der Waals surface area (Å²) in [5.41, 5.74) is 8.93. The monoisotopic (exact) mass is 533 g/mol. The third-order valence-electron chi connectivity index (χ3n) is 6.46. The van der Waals surface area contributed by atoms with Crippen LogP contribution in [-0.2, 0) is 24.3 Å². The summed E-state index contributed by atoms with van der Waals surface area (Å²) in [6.07, 6.45) is 4.86. The number of nitrogens with two attached hydrogens (primary N) is 1. The molecule has 0 saturated heterocycles. The van der Waals surface area contributed by atoms with E-state index in [0.29, 0.717) is 36.6 Å². The fourth-order valence-electron chi connectivity index (χ4n) is 4.32. The molecule has 0 spiro atoms. The molecule has 8 heteroatoms. The lowest BCUT2D eigenvalue weighted by Gasteiger charge is -2.22. The van der Waals surface area contributed by atoms with E-state index in [1.54, 1.807) is 12.1 Å². The molecule has 0 aliphatic carbocycles. The molecule has 0 bridgehead atoms. The SMILES string of the molecule is NC(=O)Nc1ccc(CCOCCCCCCN(CC(=O)c2ccc(O)c(CO)c2)Cc2ccccc2)cc1. The van der Waals surface area contributed by atoms with Gasteiger partial charge in [0.2, 0.25) is 0 Å². The van der Waals surface area contributed by atoms with E-state index in [-0.39, 0.29) is 24.7 Å². The van der Waals surface area contributed by atoms with E-state index in [2.05, 4.69) is 22.3 Å². The summed E-state index contributed by atoms with van der Waals surface area (Å²) in [6.45, 7) is 2.79. The van der Waals surface area contributed by atoms with Gasteiger partial charge in [0.05, 0.1) is 19.8 Å². The minimum atomic E-state index is -0.574. The number of unbranched alkanes of at least 4 members (excludes halogenated alkanes) is 3. The van der Waals surface area contributed by atoms with Gasteiger partial charge in [-0.1, -0.05) is 55.3 Å². The molecule has 0 atom stereocenters. The molecule has 0 unspecified atom stereocenters. The smallest absolute Gasteiger partial charge is 0.316 e. The maximum Gasteiger partial charge on any atom is 0.316 e. The number of ketones is 1. The van der Waals surface area contributed by atoms with Crippen molar-refractivity contribution in [1.82, 2.24) is 4.90 Å². The van der Waals surface area contributed by atoms with Gasteiger partial charge in [-0.25, -0.2) is 4.79 Å². The minimum absolute atomic E-state index is 0.00700. The van der Waals surface area contributed by atoms with Crippen molar-refractivity contribution in [1.29, 1.82) is 0 Å². The number of nitrogens with zero attached hydrogens (tertiary/aromatic N) is 1.